The van der Waals surface area contributed by atoms with Gasteiger partial charge in [-0.25, -0.2) is 9.37 Å². The fraction of sp³-hybridized carbons (Fsp3) is 0.231. The van der Waals surface area contributed by atoms with Gasteiger partial charge in [0.05, 0.1) is 10.5 Å². The molecule has 36 heavy (non-hydrogen) atoms. The van der Waals surface area contributed by atoms with Crippen LogP contribution in [0.15, 0.2) is 64.9 Å². The van der Waals surface area contributed by atoms with E-state index in [0.717, 1.165) is 11.3 Å². The first-order chi connectivity index (χ1) is 17.4. The Balaban J connectivity index is 1.54. The number of thiocarbonyl (C=S) groups is 1. The van der Waals surface area contributed by atoms with Gasteiger partial charge in [0.2, 0.25) is 0 Å². The highest BCUT2D eigenvalue weighted by Crippen LogP contribution is 2.33. The molecular formula is C26H24FN5O2S2. The summed E-state index contributed by atoms with van der Waals surface area (Å²) in [5, 5.41) is 0. The molecule has 0 atom stereocenters. The molecule has 2 saturated heterocycles. The SMILES string of the molecule is C=CCN1C(=O)/C(=C/c2c(N3CCN(c4ccc(F)cc4)CC3)nc3c(C)cccn3c2=O)SC1=S. The van der Waals surface area contributed by atoms with Crippen molar-refractivity contribution in [2.75, 3.05) is 42.5 Å². The molecule has 0 saturated carbocycles. The standard InChI is InChI=1S/C26H24FN5O2S2/c1-3-10-32-25(34)21(36-26(32)35)16-20-23(28-22-17(2)5-4-11-31(22)24(20)33)30-14-12-29(13-15-30)19-8-6-18(27)7-9-19/h3-9,11,16H,1,10,12-15H2,2H3/b21-16-. The molecule has 7 nitrogen and oxygen atoms in total. The van der Waals surface area contributed by atoms with Gasteiger partial charge in [-0.3, -0.25) is 18.9 Å². The predicted octanol–water partition coefficient (Wildman–Crippen LogP) is 3.86. The Hall–Kier alpha value is -3.50. The normalized spacial score (nSPS) is 17.5. The van der Waals surface area contributed by atoms with Crippen LogP contribution < -0.4 is 15.4 Å². The van der Waals surface area contributed by atoms with E-state index in [1.807, 2.05) is 13.0 Å². The van der Waals surface area contributed by atoms with Crippen molar-refractivity contribution in [3.63, 3.8) is 0 Å². The summed E-state index contributed by atoms with van der Waals surface area (Å²) in [6, 6.07) is 10.2. The summed E-state index contributed by atoms with van der Waals surface area (Å²) >= 11 is 6.55. The van der Waals surface area contributed by atoms with E-state index in [2.05, 4.69) is 16.4 Å². The first kappa shape index (κ1) is 24.2. The van der Waals surface area contributed by atoms with Crippen molar-refractivity contribution in [2.45, 2.75) is 6.92 Å². The number of aryl methyl sites for hydroxylation is 1. The molecule has 10 heteroatoms. The molecule has 184 valence electrons. The molecule has 0 N–H and O–H groups in total. The second kappa shape index (κ2) is 9.87. The number of carbonyl (C=O) groups excluding carboxylic acids is 1. The average molecular weight is 522 g/mol. The number of carbonyl (C=O) groups is 1. The zero-order valence-corrected chi connectivity index (χ0v) is 21.3. The second-order valence-electron chi connectivity index (χ2n) is 8.57. The minimum atomic E-state index is -0.267. The summed E-state index contributed by atoms with van der Waals surface area (Å²) in [4.78, 5) is 37.7. The number of benzene rings is 1. The fourth-order valence-corrected chi connectivity index (χ4v) is 5.67. The minimum Gasteiger partial charge on any atom is -0.368 e. The Morgan fingerprint density at radius 2 is 1.81 bits per heavy atom. The molecule has 1 amide bonds. The number of pyridine rings is 1. The summed E-state index contributed by atoms with van der Waals surface area (Å²) < 4.78 is 15.3. The van der Waals surface area contributed by atoms with Crippen molar-refractivity contribution in [1.82, 2.24) is 14.3 Å². The van der Waals surface area contributed by atoms with Crippen LogP contribution >= 0.6 is 24.0 Å². The Morgan fingerprint density at radius 1 is 1.11 bits per heavy atom. The third kappa shape index (κ3) is 4.42. The molecule has 5 rings (SSSR count). The van der Waals surface area contributed by atoms with Crippen LogP contribution in [0.25, 0.3) is 11.7 Å². The van der Waals surface area contributed by atoms with Crippen molar-refractivity contribution < 1.29 is 9.18 Å². The topological polar surface area (TPSA) is 61.2 Å². The molecule has 2 aliphatic rings. The highest BCUT2D eigenvalue weighted by Gasteiger charge is 2.32. The predicted molar refractivity (Wildman–Crippen MR) is 147 cm³/mol. The molecule has 0 radical (unpaired) electrons. The van der Waals surface area contributed by atoms with Gasteiger partial charge in [-0.2, -0.15) is 0 Å². The number of aromatic nitrogens is 2. The molecule has 0 aliphatic carbocycles. The molecule has 4 heterocycles. The van der Waals surface area contributed by atoms with Crippen molar-refractivity contribution in [3.8, 4) is 0 Å². The zero-order chi connectivity index (χ0) is 25.4. The van der Waals surface area contributed by atoms with Gasteiger partial charge in [0.1, 0.15) is 21.6 Å². The van der Waals surface area contributed by atoms with Gasteiger partial charge in [0.15, 0.2) is 0 Å². The summed E-state index contributed by atoms with van der Waals surface area (Å²) in [6.07, 6.45) is 4.93. The lowest BCUT2D eigenvalue weighted by Gasteiger charge is -2.37. The Labute approximate surface area is 217 Å². The lowest BCUT2D eigenvalue weighted by molar-refractivity contribution is -0.121. The number of hydrogen-bond acceptors (Lipinski definition) is 7. The summed E-state index contributed by atoms with van der Waals surface area (Å²) in [5.41, 5.74) is 2.52. The van der Waals surface area contributed by atoms with Crippen molar-refractivity contribution in [1.29, 1.82) is 0 Å². The Kier molecular flexibility index (Phi) is 6.63. The lowest BCUT2D eigenvalue weighted by atomic mass is 10.2. The number of thioether (sulfide) groups is 1. The van der Waals surface area contributed by atoms with Gasteiger partial charge in [0, 0.05) is 44.6 Å². The Morgan fingerprint density at radius 3 is 2.50 bits per heavy atom. The number of nitrogens with zero attached hydrogens (tertiary/aromatic N) is 5. The highest BCUT2D eigenvalue weighted by molar-refractivity contribution is 8.26. The number of halogens is 1. The van der Waals surface area contributed by atoms with Crippen LogP contribution in [0.1, 0.15) is 11.1 Å². The van der Waals surface area contributed by atoms with Gasteiger partial charge >= 0.3 is 0 Å². The summed E-state index contributed by atoms with van der Waals surface area (Å²) in [5.74, 6) is 0.0319. The van der Waals surface area contributed by atoms with Crippen LogP contribution in [0.4, 0.5) is 15.9 Å². The third-order valence-corrected chi connectivity index (χ3v) is 7.67. The summed E-state index contributed by atoms with van der Waals surface area (Å²) in [7, 11) is 0. The van der Waals surface area contributed by atoms with Crippen molar-refractivity contribution >= 4 is 57.4 Å². The molecule has 0 bridgehead atoms. The number of hydrogen-bond donors (Lipinski definition) is 0. The summed E-state index contributed by atoms with van der Waals surface area (Å²) in [6.45, 7) is 8.51. The lowest BCUT2D eigenvalue weighted by Crippen LogP contribution is -2.47. The van der Waals surface area contributed by atoms with Gasteiger partial charge in [0.25, 0.3) is 11.5 Å². The van der Waals surface area contributed by atoms with Crippen molar-refractivity contribution in [2.24, 2.45) is 0 Å². The number of rotatable bonds is 5. The van der Waals surface area contributed by atoms with E-state index < -0.39 is 0 Å². The molecule has 2 aliphatic heterocycles. The monoisotopic (exact) mass is 521 g/mol. The largest absolute Gasteiger partial charge is 0.368 e. The van der Waals surface area contributed by atoms with Gasteiger partial charge < -0.3 is 9.80 Å². The zero-order valence-electron chi connectivity index (χ0n) is 19.7. The Bertz CT molecular complexity index is 1460. The van der Waals surface area contributed by atoms with Crippen LogP contribution in [0.3, 0.4) is 0 Å². The maximum atomic E-state index is 13.7. The molecule has 0 unspecified atom stereocenters. The highest BCUT2D eigenvalue weighted by atomic mass is 32.2. The fourth-order valence-electron chi connectivity index (χ4n) is 4.41. The van der Waals surface area contributed by atoms with E-state index in [1.165, 1.54) is 33.2 Å². The smallest absolute Gasteiger partial charge is 0.267 e. The van der Waals surface area contributed by atoms with E-state index in [1.54, 1.807) is 36.5 Å². The van der Waals surface area contributed by atoms with Crippen LogP contribution in [-0.2, 0) is 4.79 Å². The van der Waals surface area contributed by atoms with E-state index in [-0.39, 0.29) is 17.3 Å². The first-order valence-electron chi connectivity index (χ1n) is 11.5. The minimum absolute atomic E-state index is 0.242. The number of anilines is 2. The molecule has 2 fully saturated rings. The third-order valence-electron chi connectivity index (χ3n) is 6.30. The average Bonchev–Trinajstić information content (AvgIpc) is 3.14. The van der Waals surface area contributed by atoms with Gasteiger partial charge in [-0.05, 0) is 48.9 Å². The molecule has 0 spiro atoms. The quantitative estimate of drug-likeness (QED) is 0.287. The number of piperazine rings is 1. The van der Waals surface area contributed by atoms with Crippen LogP contribution in [0.5, 0.6) is 0 Å². The number of amides is 1. The molecule has 2 aromatic heterocycles. The molecule has 1 aromatic carbocycles. The number of fused-ring (bicyclic) bond motifs is 1. The van der Waals surface area contributed by atoms with Crippen LogP contribution in [0, 0.1) is 12.7 Å². The van der Waals surface area contributed by atoms with Gasteiger partial charge in [-0.15, -0.1) is 6.58 Å². The van der Waals surface area contributed by atoms with E-state index in [0.29, 0.717) is 59.0 Å². The van der Waals surface area contributed by atoms with E-state index in [4.69, 9.17) is 17.2 Å². The van der Waals surface area contributed by atoms with Crippen molar-refractivity contribution in [3.05, 3.63) is 87.5 Å². The molecular weight excluding hydrogens is 497 g/mol. The second-order valence-corrected chi connectivity index (χ2v) is 10.2. The maximum Gasteiger partial charge on any atom is 0.267 e. The van der Waals surface area contributed by atoms with E-state index >= 15 is 0 Å². The van der Waals surface area contributed by atoms with Gasteiger partial charge in [-0.1, -0.05) is 36.1 Å². The van der Waals surface area contributed by atoms with Crippen LogP contribution in [-0.4, -0.2) is 57.2 Å². The molecule has 3 aromatic rings. The first-order valence-corrected chi connectivity index (χ1v) is 12.7. The van der Waals surface area contributed by atoms with E-state index in [9.17, 15) is 14.0 Å². The maximum absolute atomic E-state index is 13.7. The van der Waals surface area contributed by atoms with Crippen LogP contribution in [0.2, 0.25) is 0 Å².